The quantitative estimate of drug-likeness (QED) is 0.705. The summed E-state index contributed by atoms with van der Waals surface area (Å²) in [6.07, 6.45) is 1.58. The van der Waals surface area contributed by atoms with Crippen molar-refractivity contribution in [2.24, 2.45) is 5.92 Å². The number of aliphatic hydroxyl groups is 2. The molecule has 122 valence electrons. The van der Waals surface area contributed by atoms with Gasteiger partial charge in [0.15, 0.2) is 5.76 Å². The Morgan fingerprint density at radius 2 is 2.27 bits per heavy atom. The molecule has 0 amide bonds. The standard InChI is InChI=1S/C14H19FN2O5/c1-8(2-3-15)10-5-17(14(21)16-13(10)20)4-9-7-22-11(6-18)12(9)19/h5,8-9,18-19H,2-4,6-7H2,1H3,(H,16,20,21). The number of aromatic nitrogens is 2. The number of nitrogens with one attached hydrogen (secondary N) is 1. The van der Waals surface area contributed by atoms with Gasteiger partial charge in [-0.2, -0.15) is 0 Å². The highest BCUT2D eigenvalue weighted by molar-refractivity contribution is 5.13. The highest BCUT2D eigenvalue weighted by atomic mass is 19.1. The molecule has 0 bridgehead atoms. The lowest BCUT2D eigenvalue weighted by Gasteiger charge is -2.14. The van der Waals surface area contributed by atoms with Gasteiger partial charge in [-0.3, -0.25) is 18.7 Å². The number of ether oxygens (including phenoxy) is 1. The number of aromatic amines is 1. The first-order valence-corrected chi connectivity index (χ1v) is 7.03. The minimum absolute atomic E-state index is 0.0912. The Morgan fingerprint density at radius 1 is 1.55 bits per heavy atom. The van der Waals surface area contributed by atoms with Gasteiger partial charge in [0.25, 0.3) is 5.56 Å². The van der Waals surface area contributed by atoms with Gasteiger partial charge in [-0.05, 0) is 12.3 Å². The van der Waals surface area contributed by atoms with Gasteiger partial charge in [-0.1, -0.05) is 6.92 Å². The summed E-state index contributed by atoms with van der Waals surface area (Å²) in [7, 11) is 0. The van der Waals surface area contributed by atoms with Crippen LogP contribution in [0.25, 0.3) is 0 Å². The molecule has 7 nitrogen and oxygen atoms in total. The van der Waals surface area contributed by atoms with Crippen molar-refractivity contribution in [1.29, 1.82) is 0 Å². The van der Waals surface area contributed by atoms with Gasteiger partial charge in [-0.15, -0.1) is 0 Å². The molecule has 0 saturated heterocycles. The molecule has 3 N–H and O–H groups in total. The van der Waals surface area contributed by atoms with Crippen LogP contribution < -0.4 is 11.2 Å². The minimum atomic E-state index is -0.605. The molecule has 0 aromatic carbocycles. The summed E-state index contributed by atoms with van der Waals surface area (Å²) in [6.45, 7) is 0.975. The van der Waals surface area contributed by atoms with Gasteiger partial charge in [0.05, 0.1) is 19.2 Å². The van der Waals surface area contributed by atoms with E-state index in [1.54, 1.807) is 6.92 Å². The Hall–Kier alpha value is -2.09. The molecule has 0 fully saturated rings. The maximum atomic E-state index is 12.4. The predicted molar refractivity (Wildman–Crippen MR) is 76.5 cm³/mol. The highest BCUT2D eigenvalue weighted by Gasteiger charge is 2.27. The largest absolute Gasteiger partial charge is 0.508 e. The Balaban J connectivity index is 2.29. The molecule has 1 aromatic rings. The Bertz CT molecular complexity index is 679. The molecule has 0 saturated carbocycles. The zero-order valence-corrected chi connectivity index (χ0v) is 12.2. The normalized spacial score (nSPS) is 19.3. The van der Waals surface area contributed by atoms with Gasteiger partial charge < -0.3 is 14.9 Å². The van der Waals surface area contributed by atoms with Crippen molar-refractivity contribution >= 4 is 0 Å². The smallest absolute Gasteiger partial charge is 0.328 e. The van der Waals surface area contributed by atoms with Crippen LogP contribution in [0.3, 0.4) is 0 Å². The van der Waals surface area contributed by atoms with E-state index in [9.17, 15) is 19.1 Å². The van der Waals surface area contributed by atoms with Crippen LogP contribution in [0.15, 0.2) is 27.3 Å². The third-order valence-corrected chi connectivity index (χ3v) is 3.80. The summed E-state index contributed by atoms with van der Waals surface area (Å²) in [6, 6.07) is 0. The lowest BCUT2D eigenvalue weighted by molar-refractivity contribution is 0.167. The van der Waals surface area contributed by atoms with E-state index in [1.165, 1.54) is 10.8 Å². The zero-order chi connectivity index (χ0) is 16.3. The van der Waals surface area contributed by atoms with E-state index in [2.05, 4.69) is 4.98 Å². The van der Waals surface area contributed by atoms with Crippen LogP contribution in [0.1, 0.15) is 24.8 Å². The van der Waals surface area contributed by atoms with Crippen LogP contribution in [0.2, 0.25) is 0 Å². The number of aliphatic hydroxyl groups excluding tert-OH is 2. The van der Waals surface area contributed by atoms with E-state index in [0.29, 0.717) is 5.56 Å². The maximum Gasteiger partial charge on any atom is 0.328 e. The zero-order valence-electron chi connectivity index (χ0n) is 12.2. The fraction of sp³-hybridized carbons (Fsp3) is 0.571. The van der Waals surface area contributed by atoms with Crippen LogP contribution in [-0.4, -0.2) is 39.7 Å². The molecular formula is C14H19FN2O5. The van der Waals surface area contributed by atoms with Gasteiger partial charge >= 0.3 is 5.69 Å². The van der Waals surface area contributed by atoms with Crippen LogP contribution >= 0.6 is 0 Å². The van der Waals surface area contributed by atoms with Crippen molar-refractivity contribution in [1.82, 2.24) is 9.55 Å². The second-order valence-electron chi connectivity index (χ2n) is 5.35. The van der Waals surface area contributed by atoms with Crippen LogP contribution in [0.4, 0.5) is 4.39 Å². The monoisotopic (exact) mass is 314 g/mol. The number of rotatable bonds is 6. The van der Waals surface area contributed by atoms with Crippen molar-refractivity contribution in [3.05, 3.63) is 44.1 Å². The molecule has 1 aromatic heterocycles. The van der Waals surface area contributed by atoms with E-state index in [0.717, 1.165) is 0 Å². The second kappa shape index (κ2) is 6.78. The summed E-state index contributed by atoms with van der Waals surface area (Å²) < 4.78 is 18.8. The van der Waals surface area contributed by atoms with Crippen molar-refractivity contribution in [2.75, 3.05) is 19.9 Å². The Morgan fingerprint density at radius 3 is 2.86 bits per heavy atom. The lowest BCUT2D eigenvalue weighted by atomic mass is 10.0. The average molecular weight is 314 g/mol. The van der Waals surface area contributed by atoms with Gasteiger partial charge in [-0.25, -0.2) is 4.79 Å². The first kappa shape index (κ1) is 16.3. The fourth-order valence-electron chi connectivity index (χ4n) is 2.42. The van der Waals surface area contributed by atoms with Crippen molar-refractivity contribution in [3.8, 4) is 0 Å². The topological polar surface area (TPSA) is 105 Å². The molecule has 2 heterocycles. The Labute approximate surface area is 125 Å². The average Bonchev–Trinajstić information content (AvgIpc) is 2.82. The Kier molecular flexibility index (Phi) is 5.02. The van der Waals surface area contributed by atoms with Crippen molar-refractivity contribution in [3.63, 3.8) is 0 Å². The van der Waals surface area contributed by atoms with Gasteiger partial charge in [0.1, 0.15) is 12.4 Å². The summed E-state index contributed by atoms with van der Waals surface area (Å²) >= 11 is 0. The van der Waals surface area contributed by atoms with Crippen LogP contribution in [0, 0.1) is 5.92 Å². The number of hydrogen-bond acceptors (Lipinski definition) is 5. The molecule has 2 rings (SSSR count). The third-order valence-electron chi connectivity index (χ3n) is 3.80. The van der Waals surface area contributed by atoms with Gasteiger partial charge in [0.2, 0.25) is 0 Å². The number of alkyl halides is 1. The summed E-state index contributed by atoms with van der Waals surface area (Å²) in [5.74, 6) is -0.805. The van der Waals surface area contributed by atoms with Crippen molar-refractivity contribution in [2.45, 2.75) is 25.8 Å². The molecule has 8 heteroatoms. The van der Waals surface area contributed by atoms with E-state index in [1.807, 2.05) is 0 Å². The van der Waals surface area contributed by atoms with E-state index < -0.39 is 30.4 Å². The first-order valence-electron chi connectivity index (χ1n) is 7.03. The van der Waals surface area contributed by atoms with Crippen LogP contribution in [0.5, 0.6) is 0 Å². The molecule has 1 aliphatic rings. The molecular weight excluding hydrogens is 295 g/mol. The summed E-state index contributed by atoms with van der Waals surface area (Å²) in [4.78, 5) is 25.9. The minimum Gasteiger partial charge on any atom is -0.508 e. The fourth-order valence-corrected chi connectivity index (χ4v) is 2.42. The first-order chi connectivity index (χ1) is 10.5. The molecule has 22 heavy (non-hydrogen) atoms. The number of H-pyrrole nitrogens is 1. The molecule has 0 spiro atoms. The number of nitrogens with zero attached hydrogens (tertiary/aromatic N) is 1. The molecule has 2 atom stereocenters. The molecule has 1 aliphatic heterocycles. The molecule has 0 radical (unpaired) electrons. The van der Waals surface area contributed by atoms with Gasteiger partial charge in [0, 0.05) is 18.3 Å². The van der Waals surface area contributed by atoms with E-state index in [4.69, 9.17) is 9.84 Å². The van der Waals surface area contributed by atoms with E-state index >= 15 is 0 Å². The molecule has 0 aliphatic carbocycles. The van der Waals surface area contributed by atoms with Crippen LogP contribution in [-0.2, 0) is 11.3 Å². The summed E-state index contributed by atoms with van der Waals surface area (Å²) in [5.41, 5.74) is -0.811. The maximum absolute atomic E-state index is 12.4. The molecule has 2 unspecified atom stereocenters. The van der Waals surface area contributed by atoms with Crippen molar-refractivity contribution < 1.29 is 19.3 Å². The second-order valence-corrected chi connectivity index (χ2v) is 5.35. The highest BCUT2D eigenvalue weighted by Crippen LogP contribution is 2.24. The lowest BCUT2D eigenvalue weighted by Crippen LogP contribution is -2.34. The summed E-state index contributed by atoms with van der Waals surface area (Å²) in [5, 5.41) is 18.9. The number of halogens is 1. The predicted octanol–water partition coefficient (Wildman–Crippen LogP) is 0.408. The van der Waals surface area contributed by atoms with E-state index in [-0.39, 0.29) is 37.0 Å². The number of hydrogen-bond donors (Lipinski definition) is 3. The third kappa shape index (κ3) is 3.22. The SMILES string of the molecule is CC(CCF)c1cn(CC2COC(CO)=C2O)c(=O)[nH]c1=O.